The minimum absolute atomic E-state index is 0.192. The van der Waals surface area contributed by atoms with Crippen molar-refractivity contribution in [3.8, 4) is 5.69 Å². The maximum absolute atomic E-state index is 13.9. The van der Waals surface area contributed by atoms with Crippen LogP contribution in [0.3, 0.4) is 0 Å². The lowest BCUT2D eigenvalue weighted by Gasteiger charge is -2.49. The van der Waals surface area contributed by atoms with Crippen molar-refractivity contribution in [3.05, 3.63) is 112 Å². The van der Waals surface area contributed by atoms with Gasteiger partial charge < -0.3 is 14.7 Å². The van der Waals surface area contributed by atoms with E-state index in [2.05, 4.69) is 5.10 Å². The Morgan fingerprint density at radius 1 is 0.816 bits per heavy atom. The molecule has 0 bridgehead atoms. The number of benzene rings is 3. The first kappa shape index (κ1) is 25.7. The van der Waals surface area contributed by atoms with Gasteiger partial charge in [0, 0.05) is 45.3 Å². The number of nitrogens with zero attached hydrogens (tertiary/aromatic N) is 4. The number of aryl methyl sites for hydroxylation is 1. The Morgan fingerprint density at radius 3 is 1.92 bits per heavy atom. The average Bonchev–Trinajstić information content (AvgIpc) is 3.22. The summed E-state index contributed by atoms with van der Waals surface area (Å²) in [5.74, 6) is -0.193. The van der Waals surface area contributed by atoms with E-state index < -0.39 is 11.4 Å². The Hall–Kier alpha value is -3.97. The zero-order valence-corrected chi connectivity index (χ0v) is 23.0. The maximum Gasteiger partial charge on any atom is 0.277 e. The van der Waals surface area contributed by atoms with E-state index >= 15 is 0 Å². The van der Waals surface area contributed by atoms with Crippen molar-refractivity contribution in [1.29, 1.82) is 0 Å². The van der Waals surface area contributed by atoms with Crippen molar-refractivity contribution in [1.82, 2.24) is 14.7 Å². The molecule has 1 aliphatic rings. The van der Waals surface area contributed by atoms with Crippen molar-refractivity contribution >= 4 is 28.9 Å². The first-order valence-electron chi connectivity index (χ1n) is 12.6. The van der Waals surface area contributed by atoms with E-state index in [0.29, 0.717) is 11.3 Å². The molecule has 3 unspecified atom stereocenters. The fourth-order valence-electron chi connectivity index (χ4n) is 5.12. The second kappa shape index (κ2) is 10.1. The van der Waals surface area contributed by atoms with Crippen LogP contribution in [0.5, 0.6) is 0 Å². The minimum atomic E-state index is -0.709. The van der Waals surface area contributed by atoms with E-state index in [-0.39, 0.29) is 17.5 Å². The van der Waals surface area contributed by atoms with Gasteiger partial charge in [0.05, 0.1) is 23.3 Å². The number of aromatic amines is 1. The van der Waals surface area contributed by atoms with Crippen molar-refractivity contribution in [2.45, 2.75) is 24.4 Å². The molecule has 8 heteroatoms. The van der Waals surface area contributed by atoms with E-state index in [1.807, 2.05) is 124 Å². The second-order valence-electron chi connectivity index (χ2n) is 10.1. The van der Waals surface area contributed by atoms with E-state index in [1.54, 1.807) is 4.90 Å². The number of carbonyl (C=O) groups is 1. The molecule has 0 radical (unpaired) electrons. The number of amides is 1. The molecule has 38 heavy (non-hydrogen) atoms. The van der Waals surface area contributed by atoms with Crippen molar-refractivity contribution < 1.29 is 4.79 Å². The molecule has 1 fully saturated rings. The summed E-state index contributed by atoms with van der Waals surface area (Å²) in [5.41, 5.74) is 5.63. The van der Waals surface area contributed by atoms with Crippen LogP contribution in [0, 0.1) is 6.92 Å². The molecule has 3 aromatic carbocycles. The molecule has 7 nitrogen and oxygen atoms in total. The highest BCUT2D eigenvalue weighted by Gasteiger charge is 2.52. The maximum atomic E-state index is 13.9. The molecule has 5 rings (SSSR count). The first-order chi connectivity index (χ1) is 18.2. The van der Waals surface area contributed by atoms with Gasteiger partial charge in [0.15, 0.2) is 0 Å². The predicted octanol–water partition coefficient (Wildman–Crippen LogP) is 4.89. The molecule has 1 amide bonds. The lowest BCUT2D eigenvalue weighted by Crippen LogP contribution is -2.58. The van der Waals surface area contributed by atoms with E-state index in [1.165, 1.54) is 4.68 Å². The van der Waals surface area contributed by atoms with Gasteiger partial charge in [0.25, 0.3) is 5.56 Å². The third-order valence-corrected chi connectivity index (χ3v) is 7.65. The number of nitrogens with one attached hydrogen (secondary N) is 1. The van der Waals surface area contributed by atoms with Gasteiger partial charge in [-0.2, -0.15) is 0 Å². The molecular formula is C30H32ClN5O2. The van der Waals surface area contributed by atoms with Gasteiger partial charge in [-0.3, -0.25) is 14.7 Å². The van der Waals surface area contributed by atoms with Gasteiger partial charge >= 0.3 is 0 Å². The average molecular weight is 530 g/mol. The molecule has 0 aliphatic carbocycles. The van der Waals surface area contributed by atoms with Crippen molar-refractivity contribution in [2.75, 3.05) is 38.0 Å². The van der Waals surface area contributed by atoms with Gasteiger partial charge in [0.2, 0.25) is 5.91 Å². The van der Waals surface area contributed by atoms with Gasteiger partial charge in [-0.25, -0.2) is 4.68 Å². The number of likely N-dealkylation sites (tertiary alicyclic amines) is 1. The Balaban J connectivity index is 1.65. The first-order valence-corrected chi connectivity index (χ1v) is 13.0. The van der Waals surface area contributed by atoms with E-state index in [0.717, 1.165) is 28.2 Å². The summed E-state index contributed by atoms with van der Waals surface area (Å²) >= 11 is 6.66. The molecule has 196 valence electrons. The topological polar surface area (TPSA) is 64.6 Å². The number of alkyl halides is 1. The number of carbonyl (C=O) groups excluding carboxylic acids is 1. The quantitative estimate of drug-likeness (QED) is 0.273. The lowest BCUT2D eigenvalue weighted by molar-refractivity contribution is -0.148. The second-order valence-corrected chi connectivity index (χ2v) is 10.6. The van der Waals surface area contributed by atoms with Crippen LogP contribution in [-0.4, -0.2) is 54.2 Å². The van der Waals surface area contributed by atoms with Crippen LogP contribution in [0.1, 0.15) is 34.5 Å². The molecule has 3 atom stereocenters. The molecule has 0 saturated carbocycles. The van der Waals surface area contributed by atoms with Crippen LogP contribution in [0.4, 0.5) is 11.4 Å². The van der Waals surface area contributed by atoms with Gasteiger partial charge in [-0.1, -0.05) is 42.5 Å². The lowest BCUT2D eigenvalue weighted by atomic mass is 9.86. The largest absolute Gasteiger partial charge is 0.378 e. The Labute approximate surface area is 227 Å². The highest BCUT2D eigenvalue weighted by molar-refractivity contribution is 6.33. The smallest absolute Gasteiger partial charge is 0.277 e. The normalized spacial score (nSPS) is 17.7. The summed E-state index contributed by atoms with van der Waals surface area (Å²) in [6, 6.07) is 24.5. The standard InChI is InChI=1S/C30H32ClN5O2/c1-19-25(29(37)36(32-19)24-9-7-6-8-10-24)27(20-11-15-22(16-12-20)33(2)3)35-28(26(31)30(35)38)21-13-17-23(18-14-21)34(4)5/h6-18,26-28,32H,1-5H3. The van der Waals surface area contributed by atoms with E-state index in [4.69, 9.17) is 11.6 Å². The molecule has 1 aliphatic heterocycles. The number of aromatic nitrogens is 2. The summed E-state index contributed by atoms with van der Waals surface area (Å²) in [6.45, 7) is 1.88. The zero-order valence-electron chi connectivity index (χ0n) is 22.2. The van der Waals surface area contributed by atoms with Crippen molar-refractivity contribution in [3.63, 3.8) is 0 Å². The van der Waals surface area contributed by atoms with Gasteiger partial charge in [0.1, 0.15) is 5.38 Å². The number of rotatable bonds is 7. The van der Waals surface area contributed by atoms with Crippen LogP contribution < -0.4 is 15.4 Å². The highest BCUT2D eigenvalue weighted by atomic mass is 35.5. The molecule has 2 heterocycles. The summed E-state index contributed by atoms with van der Waals surface area (Å²) < 4.78 is 1.54. The molecular weight excluding hydrogens is 498 g/mol. The summed E-state index contributed by atoms with van der Waals surface area (Å²) in [6.07, 6.45) is 0. The van der Waals surface area contributed by atoms with Gasteiger partial charge in [-0.15, -0.1) is 11.6 Å². The molecule has 4 aromatic rings. The van der Waals surface area contributed by atoms with Crippen LogP contribution in [0.2, 0.25) is 0 Å². The third-order valence-electron chi connectivity index (χ3n) is 7.23. The number of halogens is 1. The number of β-lactam (4-membered cyclic amide) rings is 1. The fraction of sp³-hybridized carbons (Fsp3) is 0.267. The molecule has 1 saturated heterocycles. The number of hydrogen-bond acceptors (Lipinski definition) is 4. The van der Waals surface area contributed by atoms with Crippen LogP contribution in [0.15, 0.2) is 83.7 Å². The summed E-state index contributed by atoms with van der Waals surface area (Å²) in [5, 5.41) is 2.52. The highest BCUT2D eigenvalue weighted by Crippen LogP contribution is 2.47. The summed E-state index contributed by atoms with van der Waals surface area (Å²) in [7, 11) is 7.92. The molecule has 1 N–H and O–H groups in total. The third kappa shape index (κ3) is 4.37. The minimum Gasteiger partial charge on any atom is -0.378 e. The van der Waals surface area contributed by atoms with Crippen molar-refractivity contribution in [2.24, 2.45) is 0 Å². The van der Waals surface area contributed by atoms with Crippen LogP contribution in [0.25, 0.3) is 5.69 Å². The zero-order chi connectivity index (χ0) is 27.1. The van der Waals surface area contributed by atoms with Crippen LogP contribution >= 0.6 is 11.6 Å². The fourth-order valence-corrected chi connectivity index (χ4v) is 5.50. The number of H-pyrrole nitrogens is 1. The number of hydrogen-bond donors (Lipinski definition) is 1. The Kier molecular flexibility index (Phi) is 6.80. The van der Waals surface area contributed by atoms with Crippen LogP contribution in [-0.2, 0) is 4.79 Å². The summed E-state index contributed by atoms with van der Waals surface area (Å²) in [4.78, 5) is 33.2. The Bertz CT molecular complexity index is 1490. The number of para-hydroxylation sites is 1. The predicted molar refractivity (Wildman–Crippen MR) is 154 cm³/mol. The van der Waals surface area contributed by atoms with E-state index in [9.17, 15) is 9.59 Å². The molecule has 0 spiro atoms. The van der Waals surface area contributed by atoms with Gasteiger partial charge in [-0.05, 0) is 54.4 Å². The SMILES string of the molecule is Cc1[nH]n(-c2ccccc2)c(=O)c1C(c1ccc(N(C)C)cc1)N1C(=O)C(Cl)C1c1ccc(N(C)C)cc1. The molecule has 1 aromatic heterocycles. The number of anilines is 2. The Morgan fingerprint density at radius 2 is 1.37 bits per heavy atom. The monoisotopic (exact) mass is 529 g/mol.